The molecule has 0 radical (unpaired) electrons. The molecule has 3 rings (SSSR count). The number of pyridine rings is 1. The molecule has 7 heteroatoms. The molecule has 1 saturated heterocycles. The van der Waals surface area contributed by atoms with E-state index in [1.165, 1.54) is 0 Å². The highest BCUT2D eigenvalue weighted by molar-refractivity contribution is 5.98. The highest BCUT2D eigenvalue weighted by atomic mass is 16.6. The van der Waals surface area contributed by atoms with Gasteiger partial charge in [0.2, 0.25) is 5.88 Å². The Labute approximate surface area is 165 Å². The third-order valence-electron chi connectivity index (χ3n) is 4.66. The lowest BCUT2D eigenvalue weighted by Gasteiger charge is -2.40. The number of hydrogen-bond donors (Lipinski definition) is 0. The van der Waals surface area contributed by atoms with Gasteiger partial charge in [0.25, 0.3) is 5.91 Å². The van der Waals surface area contributed by atoms with Crippen LogP contribution in [0.1, 0.15) is 38.2 Å². The van der Waals surface area contributed by atoms with Crippen LogP contribution in [0.5, 0.6) is 5.88 Å². The second kappa shape index (κ2) is 7.66. The number of methoxy groups -OCH3 is 1. The van der Waals surface area contributed by atoms with Gasteiger partial charge in [0, 0.05) is 31.1 Å². The summed E-state index contributed by atoms with van der Waals surface area (Å²) in [6.45, 7) is 8.72. The number of benzene rings is 1. The monoisotopic (exact) mass is 385 g/mol. The molecule has 7 nitrogen and oxygen atoms in total. The van der Waals surface area contributed by atoms with Gasteiger partial charge in [-0.3, -0.25) is 4.79 Å². The number of rotatable bonds is 2. The first-order valence-corrected chi connectivity index (χ1v) is 9.42. The first-order chi connectivity index (χ1) is 13.2. The zero-order valence-corrected chi connectivity index (χ0v) is 17.1. The SMILES string of the molecule is COc1nc(C(=O)N2CCN(C(=O)OC(C)(C)C)CC2C)cc2ccccc12. The van der Waals surface area contributed by atoms with Crippen molar-refractivity contribution in [1.29, 1.82) is 0 Å². The maximum Gasteiger partial charge on any atom is 0.410 e. The molecule has 1 fully saturated rings. The van der Waals surface area contributed by atoms with Crippen LogP contribution >= 0.6 is 0 Å². The smallest absolute Gasteiger partial charge is 0.410 e. The van der Waals surface area contributed by atoms with Crippen molar-refractivity contribution in [2.24, 2.45) is 0 Å². The lowest BCUT2D eigenvalue weighted by Crippen LogP contribution is -2.56. The van der Waals surface area contributed by atoms with Crippen LogP contribution in [0.25, 0.3) is 10.8 Å². The number of fused-ring (bicyclic) bond motifs is 1. The average Bonchev–Trinajstić information content (AvgIpc) is 2.65. The normalized spacial score (nSPS) is 17.5. The van der Waals surface area contributed by atoms with Gasteiger partial charge < -0.3 is 19.3 Å². The summed E-state index contributed by atoms with van der Waals surface area (Å²) in [6, 6.07) is 9.31. The molecule has 1 atom stereocenters. The van der Waals surface area contributed by atoms with E-state index in [1.807, 2.05) is 52.0 Å². The molecular formula is C21H27N3O4. The standard InChI is InChI=1S/C21H27N3O4/c1-14-13-23(20(26)28-21(2,3)4)10-11-24(14)19(25)17-12-15-8-6-7-9-16(15)18(22-17)27-5/h6-9,12,14H,10-11,13H2,1-5H3. The number of amides is 2. The quantitative estimate of drug-likeness (QED) is 0.793. The minimum absolute atomic E-state index is 0.145. The number of ether oxygens (including phenoxy) is 2. The van der Waals surface area contributed by atoms with Crippen LogP contribution in [0.15, 0.2) is 30.3 Å². The predicted octanol–water partition coefficient (Wildman–Crippen LogP) is 3.32. The van der Waals surface area contributed by atoms with Crippen molar-refractivity contribution < 1.29 is 19.1 Å². The summed E-state index contributed by atoms with van der Waals surface area (Å²) < 4.78 is 10.8. The van der Waals surface area contributed by atoms with Crippen LogP contribution in [0.4, 0.5) is 4.79 Å². The van der Waals surface area contributed by atoms with Gasteiger partial charge in [0.05, 0.1) is 7.11 Å². The Kier molecular flexibility index (Phi) is 5.45. The number of carbonyl (C=O) groups excluding carboxylic acids is 2. The molecule has 0 bridgehead atoms. The van der Waals surface area contributed by atoms with Gasteiger partial charge in [0.1, 0.15) is 11.3 Å². The summed E-state index contributed by atoms with van der Waals surface area (Å²) in [5, 5.41) is 1.77. The van der Waals surface area contributed by atoms with Crippen LogP contribution in [-0.4, -0.2) is 65.2 Å². The fourth-order valence-electron chi connectivity index (χ4n) is 3.33. The topological polar surface area (TPSA) is 72.0 Å². The van der Waals surface area contributed by atoms with Crippen LogP contribution in [0, 0.1) is 0 Å². The number of carbonyl (C=O) groups is 2. The van der Waals surface area contributed by atoms with E-state index in [1.54, 1.807) is 23.0 Å². The summed E-state index contributed by atoms with van der Waals surface area (Å²) in [4.78, 5) is 33.2. The maximum atomic E-state index is 13.1. The highest BCUT2D eigenvalue weighted by Crippen LogP contribution is 2.25. The Hall–Kier alpha value is -2.83. The minimum atomic E-state index is -0.543. The molecule has 2 heterocycles. The molecule has 1 aliphatic rings. The van der Waals surface area contributed by atoms with Crippen molar-refractivity contribution in [2.45, 2.75) is 39.3 Å². The first-order valence-electron chi connectivity index (χ1n) is 9.42. The van der Waals surface area contributed by atoms with Gasteiger partial charge in [0.15, 0.2) is 0 Å². The summed E-state index contributed by atoms with van der Waals surface area (Å²) in [5.74, 6) is 0.266. The molecule has 0 aliphatic carbocycles. The fourth-order valence-corrected chi connectivity index (χ4v) is 3.33. The molecule has 0 N–H and O–H groups in total. The summed E-state index contributed by atoms with van der Waals surface area (Å²) in [7, 11) is 1.55. The number of hydrogen-bond acceptors (Lipinski definition) is 5. The summed E-state index contributed by atoms with van der Waals surface area (Å²) in [6.07, 6.45) is -0.350. The molecule has 2 amide bonds. The molecular weight excluding hydrogens is 358 g/mol. The van der Waals surface area contributed by atoms with E-state index in [9.17, 15) is 9.59 Å². The third kappa shape index (κ3) is 4.18. The predicted molar refractivity (Wildman–Crippen MR) is 107 cm³/mol. The van der Waals surface area contributed by atoms with E-state index in [4.69, 9.17) is 9.47 Å². The third-order valence-corrected chi connectivity index (χ3v) is 4.66. The fraction of sp³-hybridized carbons (Fsp3) is 0.476. The zero-order valence-electron chi connectivity index (χ0n) is 17.1. The van der Waals surface area contributed by atoms with Crippen LogP contribution in [0.2, 0.25) is 0 Å². The number of aromatic nitrogens is 1. The second-order valence-electron chi connectivity index (χ2n) is 8.01. The summed E-state index contributed by atoms with van der Waals surface area (Å²) in [5.41, 5.74) is -0.202. The lowest BCUT2D eigenvalue weighted by molar-refractivity contribution is 0.00606. The van der Waals surface area contributed by atoms with E-state index < -0.39 is 5.60 Å². The van der Waals surface area contributed by atoms with E-state index in [0.717, 1.165) is 10.8 Å². The molecule has 0 spiro atoms. The molecule has 1 aromatic heterocycles. The minimum Gasteiger partial charge on any atom is -0.481 e. The van der Waals surface area contributed by atoms with Gasteiger partial charge in [-0.05, 0) is 45.2 Å². The Morgan fingerprint density at radius 3 is 2.54 bits per heavy atom. The van der Waals surface area contributed by atoms with Crippen molar-refractivity contribution in [2.75, 3.05) is 26.7 Å². The van der Waals surface area contributed by atoms with Crippen molar-refractivity contribution in [3.8, 4) is 5.88 Å². The number of nitrogens with zero attached hydrogens (tertiary/aromatic N) is 3. The van der Waals surface area contributed by atoms with Crippen molar-refractivity contribution in [3.63, 3.8) is 0 Å². The van der Waals surface area contributed by atoms with E-state index in [0.29, 0.717) is 31.2 Å². The molecule has 0 saturated carbocycles. The van der Waals surface area contributed by atoms with E-state index >= 15 is 0 Å². The van der Waals surface area contributed by atoms with Gasteiger partial charge >= 0.3 is 6.09 Å². The second-order valence-corrected chi connectivity index (χ2v) is 8.01. The Bertz CT molecular complexity index is 891. The molecule has 1 aliphatic heterocycles. The molecule has 1 aromatic carbocycles. The first kappa shape index (κ1) is 19.9. The number of piperazine rings is 1. The lowest BCUT2D eigenvalue weighted by atomic mass is 10.1. The van der Waals surface area contributed by atoms with Crippen molar-refractivity contribution in [3.05, 3.63) is 36.0 Å². The zero-order chi connectivity index (χ0) is 20.5. The largest absolute Gasteiger partial charge is 0.481 e. The van der Waals surface area contributed by atoms with Gasteiger partial charge in [-0.2, -0.15) is 0 Å². The van der Waals surface area contributed by atoms with Crippen molar-refractivity contribution >= 4 is 22.8 Å². The molecule has 2 aromatic rings. The van der Waals surface area contributed by atoms with Crippen LogP contribution in [-0.2, 0) is 4.74 Å². The maximum absolute atomic E-state index is 13.1. The van der Waals surface area contributed by atoms with Gasteiger partial charge in [-0.1, -0.05) is 18.2 Å². The van der Waals surface area contributed by atoms with Crippen molar-refractivity contribution in [1.82, 2.24) is 14.8 Å². The molecule has 150 valence electrons. The van der Waals surface area contributed by atoms with Gasteiger partial charge in [-0.15, -0.1) is 0 Å². The summed E-state index contributed by atoms with van der Waals surface area (Å²) >= 11 is 0. The Morgan fingerprint density at radius 1 is 1.18 bits per heavy atom. The van der Waals surface area contributed by atoms with E-state index in [-0.39, 0.29) is 18.0 Å². The average molecular weight is 385 g/mol. The Morgan fingerprint density at radius 2 is 1.89 bits per heavy atom. The Balaban J connectivity index is 1.77. The van der Waals surface area contributed by atoms with Gasteiger partial charge in [-0.25, -0.2) is 9.78 Å². The van der Waals surface area contributed by atoms with Crippen LogP contribution in [0.3, 0.4) is 0 Å². The van der Waals surface area contributed by atoms with Crippen LogP contribution < -0.4 is 4.74 Å². The highest BCUT2D eigenvalue weighted by Gasteiger charge is 2.33. The molecule has 28 heavy (non-hydrogen) atoms. The molecule has 1 unspecified atom stereocenters. The van der Waals surface area contributed by atoms with E-state index in [2.05, 4.69) is 4.98 Å².